The summed E-state index contributed by atoms with van der Waals surface area (Å²) >= 11 is 0. The number of benzene rings is 12. The second-order valence-electron chi connectivity index (χ2n) is 35.6. The van der Waals surface area contributed by atoms with Crippen molar-refractivity contribution in [3.63, 3.8) is 0 Å². The number of rotatable bonds is 35. The summed E-state index contributed by atoms with van der Waals surface area (Å²) in [6.45, 7) is 64.7. The van der Waals surface area contributed by atoms with Gasteiger partial charge in [0.1, 0.15) is 23.0 Å². The van der Waals surface area contributed by atoms with E-state index in [9.17, 15) is 20.4 Å². The van der Waals surface area contributed by atoms with E-state index in [1.165, 1.54) is 160 Å². The Labute approximate surface area is 843 Å². The molecule has 6 nitrogen and oxygen atoms in total. The molecule has 0 spiro atoms. The van der Waals surface area contributed by atoms with E-state index in [1.54, 1.807) is 60.7 Å². The molecule has 6 N–H and O–H groups in total. The summed E-state index contributed by atoms with van der Waals surface area (Å²) in [4.78, 5) is 0. The van der Waals surface area contributed by atoms with Gasteiger partial charge in [-0.05, 0) is 208 Å². The summed E-state index contributed by atoms with van der Waals surface area (Å²) in [5.41, 5.74) is 13.5. The molecule has 12 rings (SSSR count). The summed E-state index contributed by atoms with van der Waals surface area (Å²) in [5, 5.41) is 47.4. The van der Waals surface area contributed by atoms with Crippen molar-refractivity contribution < 1.29 is 20.4 Å². The monoisotopic (exact) mass is 1870 g/mol. The number of unbranched alkanes of at least 4 members (excludes halogenated alkanes) is 4. The maximum absolute atomic E-state index is 9.58. The molecule has 0 amide bonds. The van der Waals surface area contributed by atoms with E-state index in [2.05, 4.69) is 306 Å². The third-order valence-corrected chi connectivity index (χ3v) is 23.7. The Kier molecular flexibility index (Phi) is 85.6. The molecular weight excluding hydrogens is 1670 g/mol. The standard InChI is InChI=1S/C19H17NO.C17H14.C15H17N.C13H12O.C12H10O2.4C10H22.C5H12.5C2H6/c21-19-8-4-5-16(14-19)13-15-9-11-18(12-10-15)20-17-6-2-1-3-7-17;1-2-7-14(8-3-1)13-16-11-6-10-15-9-4-5-12-17(15)16;1-3-8-14(9-4-1)10-7-13-16-15-11-5-2-6-12-15;14-13-8-4-7-12(10-13)9-11-5-2-1-3-6-11;13-11-7-3-1-5-9(11)10-6-2-4-8-12(10)14;4*1-5-7-8-10(6-2)9(3)4;1-4-5(2)3;5*1-2/h1-12,14,20-21H,13H2;1-12H,13H2;1-6,8-9,11-12,16H,7,10,13H2;1-8,10,14H,9H2;1-8,13-14H;4*9-10H,5-8H2,1-4H3;5H,4H2,1-3H3;5*1-2H3. The Morgan fingerprint density at radius 2 is 0.533 bits per heavy atom. The number of para-hydroxylation sites is 4. The third-order valence-electron chi connectivity index (χ3n) is 23.7. The van der Waals surface area contributed by atoms with Gasteiger partial charge in [0.05, 0.1) is 0 Å². The number of phenolic OH excluding ortho intramolecular Hbond substituents is 4. The molecule has 4 atom stereocenters. The number of hydrogen-bond donors (Lipinski definition) is 6. The maximum Gasteiger partial charge on any atom is 0.123 e. The van der Waals surface area contributed by atoms with Crippen LogP contribution in [0.5, 0.6) is 23.0 Å². The van der Waals surface area contributed by atoms with Crippen LogP contribution in [0.25, 0.3) is 21.9 Å². The van der Waals surface area contributed by atoms with Crippen LogP contribution in [0.4, 0.5) is 17.1 Å². The molecule has 0 saturated carbocycles. The molecule has 0 saturated heterocycles. The molecule has 0 aliphatic carbocycles. The average molecular weight is 1870 g/mol. The van der Waals surface area contributed by atoms with Gasteiger partial charge in [0.15, 0.2) is 0 Å². The number of aromatic hydroxyl groups is 4. The van der Waals surface area contributed by atoms with Gasteiger partial charge in [0.2, 0.25) is 0 Å². The number of anilines is 3. The third kappa shape index (κ3) is 65.2. The largest absolute Gasteiger partial charge is 0.508 e. The zero-order chi connectivity index (χ0) is 103. The fraction of sp³-hybridized carbons (Fsp3) is 0.466. The van der Waals surface area contributed by atoms with E-state index in [4.69, 9.17) is 0 Å². The number of fused-ring (bicyclic) bond motifs is 1. The fourth-order valence-corrected chi connectivity index (χ4v) is 15.1. The summed E-state index contributed by atoms with van der Waals surface area (Å²) in [5.74, 6) is 9.31. The van der Waals surface area contributed by atoms with Crippen molar-refractivity contribution in [3.05, 3.63) is 354 Å². The maximum atomic E-state index is 9.58. The van der Waals surface area contributed by atoms with Crippen molar-refractivity contribution in [3.8, 4) is 34.1 Å². The minimum Gasteiger partial charge on any atom is -0.508 e. The van der Waals surface area contributed by atoms with Gasteiger partial charge >= 0.3 is 0 Å². The molecule has 0 aliphatic heterocycles. The SMILES string of the molecule is CC.CC.CC.CC.CC.CCC(C)C.CCCCC(CC)C(C)C.CCCCC(CC)C(C)C.CCCCC(CC)C(C)C.CCCCC(CC)C(C)C.Oc1cccc(Cc2ccc(Nc3ccccc3)cc2)c1.Oc1cccc(Cc2ccccc2)c1.Oc1ccccc1-c1ccccc1O.c1ccc(CCCNc2ccccc2)cc1.c1ccc(Cc2cccc3ccccc23)cc1. The Bertz CT molecular complexity index is 4390. The van der Waals surface area contributed by atoms with Gasteiger partial charge in [-0.3, -0.25) is 0 Å². The highest BCUT2D eigenvalue weighted by Crippen LogP contribution is 2.35. The van der Waals surface area contributed by atoms with Crippen molar-refractivity contribution in [2.75, 3.05) is 17.2 Å². The van der Waals surface area contributed by atoms with E-state index in [-0.39, 0.29) is 11.5 Å². The first-order valence-electron chi connectivity index (χ1n) is 53.9. The van der Waals surface area contributed by atoms with Crippen LogP contribution in [0.1, 0.15) is 355 Å². The molecule has 4 unspecified atom stereocenters. The van der Waals surface area contributed by atoms with Crippen LogP contribution in [0.2, 0.25) is 0 Å². The highest BCUT2D eigenvalue weighted by molar-refractivity contribution is 5.86. The minimum atomic E-state index is 0.175. The lowest BCUT2D eigenvalue weighted by Gasteiger charge is -2.17. The van der Waals surface area contributed by atoms with Crippen LogP contribution in [0.15, 0.2) is 315 Å². The summed E-state index contributed by atoms with van der Waals surface area (Å²) < 4.78 is 0. The highest BCUT2D eigenvalue weighted by Gasteiger charge is 2.14. The molecule has 6 heteroatoms. The number of hydrogen-bond acceptors (Lipinski definition) is 6. The predicted octanol–water partition coefficient (Wildman–Crippen LogP) is 41.3. The minimum absolute atomic E-state index is 0.175. The van der Waals surface area contributed by atoms with Crippen LogP contribution in [-0.2, 0) is 25.7 Å². The lowest BCUT2D eigenvalue weighted by atomic mass is 9.89. The topological polar surface area (TPSA) is 105 Å². The van der Waals surface area contributed by atoms with Crippen molar-refractivity contribution in [1.29, 1.82) is 0 Å². The van der Waals surface area contributed by atoms with E-state index in [1.807, 2.05) is 160 Å². The quantitative estimate of drug-likeness (QED) is 0.0221. The second kappa shape index (κ2) is 89.6. The smallest absolute Gasteiger partial charge is 0.123 e. The zero-order valence-corrected chi connectivity index (χ0v) is 92.3. The molecule has 0 aliphatic rings. The van der Waals surface area contributed by atoms with Crippen molar-refractivity contribution >= 4 is 27.8 Å². The van der Waals surface area contributed by atoms with Gasteiger partial charge in [-0.2, -0.15) is 0 Å². The Morgan fingerprint density at radius 1 is 0.248 bits per heavy atom. The van der Waals surface area contributed by atoms with Gasteiger partial charge in [0, 0.05) is 34.7 Å². The first-order chi connectivity index (χ1) is 66.5. The van der Waals surface area contributed by atoms with Crippen molar-refractivity contribution in [2.45, 2.75) is 342 Å². The van der Waals surface area contributed by atoms with Crippen LogP contribution in [0, 0.1) is 53.3 Å². The molecule has 12 aromatic rings. The van der Waals surface area contributed by atoms with Gasteiger partial charge in [-0.1, -0.05) is 553 Å². The molecular formula is C131H200N2O4. The average Bonchev–Trinajstić information content (AvgIpc) is 0.830. The molecule has 758 valence electrons. The van der Waals surface area contributed by atoms with Crippen LogP contribution in [-0.4, -0.2) is 27.0 Å². The molecule has 12 aromatic carbocycles. The summed E-state index contributed by atoms with van der Waals surface area (Å²) in [7, 11) is 0. The molecule has 0 aromatic heterocycles. The van der Waals surface area contributed by atoms with Crippen LogP contribution in [0.3, 0.4) is 0 Å². The molecule has 137 heavy (non-hydrogen) atoms. The highest BCUT2D eigenvalue weighted by atomic mass is 16.3. The van der Waals surface area contributed by atoms with Gasteiger partial charge < -0.3 is 31.1 Å². The normalized spacial score (nSPS) is 10.8. The first-order valence-corrected chi connectivity index (χ1v) is 53.9. The number of phenols is 4. The Morgan fingerprint density at radius 3 is 0.869 bits per heavy atom. The second-order valence-corrected chi connectivity index (χ2v) is 35.6. The Hall–Kier alpha value is -10.3. The van der Waals surface area contributed by atoms with E-state index in [0.29, 0.717) is 22.6 Å². The summed E-state index contributed by atoms with van der Waals surface area (Å²) in [6, 6.07) is 104. The van der Waals surface area contributed by atoms with Gasteiger partial charge in [-0.15, -0.1) is 0 Å². The predicted molar refractivity (Wildman–Crippen MR) is 617 cm³/mol. The van der Waals surface area contributed by atoms with E-state index < -0.39 is 0 Å². The zero-order valence-electron chi connectivity index (χ0n) is 92.3. The summed E-state index contributed by atoms with van der Waals surface area (Å²) in [6.07, 6.45) is 28.5. The first kappa shape index (κ1) is 131. The number of nitrogens with one attached hydrogen (secondary N) is 2. The number of aryl methyl sites for hydroxylation is 1. The molecule has 0 radical (unpaired) electrons. The van der Waals surface area contributed by atoms with E-state index in [0.717, 1.165) is 108 Å². The van der Waals surface area contributed by atoms with Crippen LogP contribution < -0.4 is 10.6 Å². The van der Waals surface area contributed by atoms with Crippen LogP contribution >= 0.6 is 0 Å². The molecule has 0 fully saturated rings. The van der Waals surface area contributed by atoms with Gasteiger partial charge in [-0.25, -0.2) is 0 Å². The van der Waals surface area contributed by atoms with Crippen molar-refractivity contribution in [2.24, 2.45) is 53.3 Å². The lowest BCUT2D eigenvalue weighted by molar-refractivity contribution is 0.339. The fourth-order valence-electron chi connectivity index (χ4n) is 15.1. The molecule has 0 bridgehead atoms. The van der Waals surface area contributed by atoms with Gasteiger partial charge in [0.25, 0.3) is 0 Å². The van der Waals surface area contributed by atoms with E-state index >= 15 is 0 Å². The van der Waals surface area contributed by atoms with Crippen molar-refractivity contribution in [1.82, 2.24) is 0 Å². The molecule has 0 heterocycles. The lowest BCUT2D eigenvalue weighted by Crippen LogP contribution is -2.06. The Balaban J connectivity index is -0.00000146.